The second kappa shape index (κ2) is 5.02. The first kappa shape index (κ1) is 13.6. The molecule has 2 rings (SSSR count). The molecule has 2 N–H and O–H groups in total. The molecule has 1 aliphatic rings. The molecular formula is C14H26N4. The van der Waals surface area contributed by atoms with Crippen molar-refractivity contribution in [3.63, 3.8) is 0 Å². The lowest BCUT2D eigenvalue weighted by Gasteiger charge is -2.29. The van der Waals surface area contributed by atoms with Crippen molar-refractivity contribution >= 4 is 0 Å². The monoisotopic (exact) mass is 250 g/mol. The molecule has 2 unspecified atom stereocenters. The van der Waals surface area contributed by atoms with Gasteiger partial charge in [-0.05, 0) is 31.2 Å². The van der Waals surface area contributed by atoms with E-state index in [0.29, 0.717) is 17.4 Å². The molecule has 4 nitrogen and oxygen atoms in total. The van der Waals surface area contributed by atoms with E-state index in [1.807, 2.05) is 19.4 Å². The highest BCUT2D eigenvalue weighted by Crippen LogP contribution is 2.40. The third-order valence-electron chi connectivity index (χ3n) is 4.45. The van der Waals surface area contributed by atoms with Crippen molar-refractivity contribution in [3.8, 4) is 0 Å². The van der Waals surface area contributed by atoms with E-state index in [1.54, 1.807) is 0 Å². The summed E-state index contributed by atoms with van der Waals surface area (Å²) in [7, 11) is 4.20. The Morgan fingerprint density at radius 1 is 1.56 bits per heavy atom. The molecule has 2 atom stereocenters. The molecule has 1 heterocycles. The maximum absolute atomic E-state index is 6.36. The molecule has 1 aromatic heterocycles. The zero-order valence-corrected chi connectivity index (χ0v) is 12.1. The molecule has 4 heteroatoms. The Bertz CT molecular complexity index is 396. The van der Waals surface area contributed by atoms with Crippen LogP contribution in [0.5, 0.6) is 0 Å². The summed E-state index contributed by atoms with van der Waals surface area (Å²) in [6, 6.07) is 0.321. The van der Waals surface area contributed by atoms with Crippen molar-refractivity contribution in [3.05, 3.63) is 18.2 Å². The Morgan fingerprint density at radius 2 is 2.28 bits per heavy atom. The number of hydrogen-bond acceptors (Lipinski definition) is 3. The zero-order valence-electron chi connectivity index (χ0n) is 12.1. The van der Waals surface area contributed by atoms with Crippen molar-refractivity contribution in [2.75, 3.05) is 13.6 Å². The fraction of sp³-hybridized carbons (Fsp3) is 0.786. The Morgan fingerprint density at radius 3 is 2.78 bits per heavy atom. The second-order valence-electron chi connectivity index (χ2n) is 6.46. The summed E-state index contributed by atoms with van der Waals surface area (Å²) >= 11 is 0. The minimum absolute atomic E-state index is 0.300. The maximum atomic E-state index is 6.36. The van der Waals surface area contributed by atoms with Gasteiger partial charge in [0.25, 0.3) is 0 Å². The van der Waals surface area contributed by atoms with Crippen molar-refractivity contribution in [1.82, 2.24) is 14.5 Å². The molecule has 1 aliphatic carbocycles. The number of aromatic nitrogens is 2. The lowest BCUT2D eigenvalue weighted by atomic mass is 9.85. The quantitative estimate of drug-likeness (QED) is 0.883. The third kappa shape index (κ3) is 2.75. The number of nitrogens with zero attached hydrogens (tertiary/aromatic N) is 3. The fourth-order valence-electron chi connectivity index (χ4n) is 3.00. The van der Waals surface area contributed by atoms with Crippen molar-refractivity contribution in [2.45, 2.75) is 39.3 Å². The van der Waals surface area contributed by atoms with Gasteiger partial charge in [0.2, 0.25) is 0 Å². The van der Waals surface area contributed by atoms with Gasteiger partial charge in [-0.3, -0.25) is 4.90 Å². The highest BCUT2D eigenvalue weighted by molar-refractivity contribution is 4.96. The lowest BCUT2D eigenvalue weighted by Crippen LogP contribution is -2.41. The summed E-state index contributed by atoms with van der Waals surface area (Å²) < 4.78 is 2.08. The highest BCUT2D eigenvalue weighted by atomic mass is 15.2. The van der Waals surface area contributed by atoms with Gasteiger partial charge in [0.1, 0.15) is 5.82 Å². The number of imidazole rings is 1. The van der Waals surface area contributed by atoms with E-state index >= 15 is 0 Å². The Labute approximate surface area is 110 Å². The van der Waals surface area contributed by atoms with Crippen LogP contribution in [0.15, 0.2) is 12.4 Å². The van der Waals surface area contributed by atoms with Crippen molar-refractivity contribution in [1.29, 1.82) is 0 Å². The minimum Gasteiger partial charge on any atom is -0.337 e. The minimum atomic E-state index is 0.300. The molecule has 1 aromatic rings. The van der Waals surface area contributed by atoms with Crippen LogP contribution < -0.4 is 5.73 Å². The summed E-state index contributed by atoms with van der Waals surface area (Å²) in [5.74, 6) is 1.73. The first-order valence-corrected chi connectivity index (χ1v) is 6.80. The molecule has 0 aliphatic heterocycles. The number of aryl methyl sites for hydroxylation is 1. The summed E-state index contributed by atoms with van der Waals surface area (Å²) in [6.45, 7) is 6.54. The largest absolute Gasteiger partial charge is 0.337 e. The van der Waals surface area contributed by atoms with Gasteiger partial charge in [0.15, 0.2) is 0 Å². The number of nitrogens with two attached hydrogens (primary N) is 1. The highest BCUT2D eigenvalue weighted by Gasteiger charge is 2.39. The smallest absolute Gasteiger partial charge is 0.122 e. The SMILES string of the molecule is CN(Cc1nccn1C)CC1CCC(C)(C)C1N. The van der Waals surface area contributed by atoms with E-state index in [9.17, 15) is 0 Å². The van der Waals surface area contributed by atoms with Crippen molar-refractivity contribution < 1.29 is 0 Å². The normalized spacial score (nSPS) is 27.0. The fourth-order valence-corrected chi connectivity index (χ4v) is 3.00. The molecular weight excluding hydrogens is 224 g/mol. The molecule has 0 radical (unpaired) electrons. The van der Waals surface area contributed by atoms with Crippen LogP contribution >= 0.6 is 0 Å². The van der Waals surface area contributed by atoms with E-state index in [0.717, 1.165) is 18.9 Å². The summed E-state index contributed by atoms with van der Waals surface area (Å²) in [5, 5.41) is 0. The average Bonchev–Trinajstić information content (AvgIpc) is 2.78. The van der Waals surface area contributed by atoms with Gasteiger partial charge in [-0.15, -0.1) is 0 Å². The van der Waals surface area contributed by atoms with Crippen LogP contribution in [0.3, 0.4) is 0 Å². The first-order chi connectivity index (χ1) is 8.40. The average molecular weight is 250 g/mol. The molecule has 0 saturated heterocycles. The Kier molecular flexibility index (Phi) is 3.78. The molecule has 0 aromatic carbocycles. The van der Waals surface area contributed by atoms with Crippen molar-refractivity contribution in [2.24, 2.45) is 24.1 Å². The zero-order chi connectivity index (χ0) is 13.3. The molecule has 0 bridgehead atoms. The van der Waals surface area contributed by atoms with E-state index < -0.39 is 0 Å². The second-order valence-corrected chi connectivity index (χ2v) is 6.46. The van der Waals surface area contributed by atoms with Crippen LogP contribution in [0.1, 0.15) is 32.5 Å². The van der Waals surface area contributed by atoms with Gasteiger partial charge in [0, 0.05) is 32.0 Å². The Balaban J connectivity index is 1.89. The van der Waals surface area contributed by atoms with Gasteiger partial charge in [-0.1, -0.05) is 13.8 Å². The predicted octanol–water partition coefficient (Wildman–Crippen LogP) is 1.62. The molecule has 1 saturated carbocycles. The topological polar surface area (TPSA) is 47.1 Å². The summed E-state index contributed by atoms with van der Waals surface area (Å²) in [6.07, 6.45) is 6.34. The molecule has 18 heavy (non-hydrogen) atoms. The van der Waals surface area contributed by atoms with Gasteiger partial charge in [-0.25, -0.2) is 4.98 Å². The van der Waals surface area contributed by atoms with Crippen LogP contribution in [0.25, 0.3) is 0 Å². The Hall–Kier alpha value is -0.870. The van der Waals surface area contributed by atoms with Crippen LogP contribution in [-0.4, -0.2) is 34.1 Å². The van der Waals surface area contributed by atoms with E-state index in [2.05, 4.69) is 35.3 Å². The first-order valence-electron chi connectivity index (χ1n) is 6.80. The van der Waals surface area contributed by atoms with Gasteiger partial charge < -0.3 is 10.3 Å². The standard InChI is InChI=1S/C14H26N4/c1-14(2)6-5-11(13(14)15)9-17(3)10-12-16-7-8-18(12)4/h7-8,11,13H,5-6,9-10,15H2,1-4H3. The van der Waals surface area contributed by atoms with Gasteiger partial charge in [-0.2, -0.15) is 0 Å². The third-order valence-corrected chi connectivity index (χ3v) is 4.45. The summed E-state index contributed by atoms with van der Waals surface area (Å²) in [4.78, 5) is 6.71. The van der Waals surface area contributed by atoms with E-state index in [1.165, 1.54) is 12.8 Å². The number of rotatable bonds is 4. The van der Waals surface area contributed by atoms with Gasteiger partial charge >= 0.3 is 0 Å². The maximum Gasteiger partial charge on any atom is 0.122 e. The van der Waals surface area contributed by atoms with E-state index in [-0.39, 0.29) is 0 Å². The molecule has 0 amide bonds. The number of hydrogen-bond donors (Lipinski definition) is 1. The van der Waals surface area contributed by atoms with Crippen LogP contribution in [0, 0.1) is 11.3 Å². The van der Waals surface area contributed by atoms with E-state index in [4.69, 9.17) is 5.73 Å². The predicted molar refractivity (Wildman–Crippen MR) is 74.0 cm³/mol. The van der Waals surface area contributed by atoms with Crippen LogP contribution in [0.2, 0.25) is 0 Å². The molecule has 1 fully saturated rings. The summed E-state index contributed by atoms with van der Waals surface area (Å²) in [5.41, 5.74) is 6.66. The molecule has 102 valence electrons. The van der Waals surface area contributed by atoms with Crippen LogP contribution in [0.4, 0.5) is 0 Å². The molecule has 0 spiro atoms. The van der Waals surface area contributed by atoms with Crippen LogP contribution in [-0.2, 0) is 13.6 Å². The van der Waals surface area contributed by atoms with Gasteiger partial charge in [0.05, 0.1) is 6.54 Å². The lowest BCUT2D eigenvalue weighted by molar-refractivity contribution is 0.225.